The molecule has 2 heterocycles. The first-order valence-electron chi connectivity index (χ1n) is 9.25. The van der Waals surface area contributed by atoms with Crippen molar-refractivity contribution in [2.24, 2.45) is 0 Å². The van der Waals surface area contributed by atoms with Crippen molar-refractivity contribution in [1.29, 1.82) is 0 Å². The van der Waals surface area contributed by atoms with Gasteiger partial charge in [0.1, 0.15) is 12.0 Å². The summed E-state index contributed by atoms with van der Waals surface area (Å²) in [6.45, 7) is 5.39. The summed E-state index contributed by atoms with van der Waals surface area (Å²) >= 11 is 0. The molecule has 0 saturated heterocycles. The molecule has 1 aliphatic rings. The van der Waals surface area contributed by atoms with Crippen molar-refractivity contribution in [3.8, 4) is 0 Å². The van der Waals surface area contributed by atoms with Gasteiger partial charge in [-0.3, -0.25) is 4.79 Å². The topological polar surface area (TPSA) is 81.4 Å². The first kappa shape index (κ1) is 17.8. The molecule has 1 N–H and O–H groups in total. The Bertz CT molecular complexity index is 707. The number of carbonyl (C=O) groups is 1. The van der Waals surface area contributed by atoms with Gasteiger partial charge in [0.15, 0.2) is 0 Å². The van der Waals surface area contributed by atoms with Crippen molar-refractivity contribution in [2.75, 3.05) is 13.2 Å². The molecule has 1 fully saturated rings. The smallest absolute Gasteiger partial charge is 0.270 e. The van der Waals surface area contributed by atoms with Crippen LogP contribution in [-0.2, 0) is 4.74 Å². The van der Waals surface area contributed by atoms with Crippen LogP contribution in [0.15, 0.2) is 12.4 Å². The van der Waals surface area contributed by atoms with Crippen LogP contribution in [0.4, 0.5) is 0 Å². The normalized spacial score (nSPS) is 15.8. The Morgan fingerprint density at radius 1 is 1.36 bits per heavy atom. The molecule has 0 spiro atoms. The monoisotopic (exact) mass is 345 g/mol. The number of nitrogens with zero attached hydrogens (tertiary/aromatic N) is 4. The van der Waals surface area contributed by atoms with Gasteiger partial charge in [-0.15, -0.1) is 0 Å². The third-order valence-electron chi connectivity index (χ3n) is 4.62. The second-order valence-corrected chi connectivity index (χ2v) is 6.93. The summed E-state index contributed by atoms with van der Waals surface area (Å²) in [5, 5.41) is 7.09. The summed E-state index contributed by atoms with van der Waals surface area (Å²) in [6.07, 6.45) is 8.91. The van der Waals surface area contributed by atoms with Crippen LogP contribution in [-0.4, -0.2) is 44.7 Å². The highest BCUT2D eigenvalue weighted by Gasteiger charge is 2.16. The molecule has 7 nitrogen and oxygen atoms in total. The fourth-order valence-corrected chi connectivity index (χ4v) is 3.21. The SMILES string of the molecule is CC(C)c1cc(C(=O)NCCCOC2CCCCC2)nc2ncnn12. The van der Waals surface area contributed by atoms with Gasteiger partial charge in [0, 0.05) is 13.2 Å². The Labute approximate surface area is 148 Å². The maximum absolute atomic E-state index is 12.4. The molecule has 0 radical (unpaired) electrons. The molecule has 0 bridgehead atoms. The summed E-state index contributed by atoms with van der Waals surface area (Å²) in [7, 11) is 0. The van der Waals surface area contributed by atoms with Gasteiger partial charge in [0.25, 0.3) is 11.7 Å². The Morgan fingerprint density at radius 2 is 2.16 bits per heavy atom. The van der Waals surface area contributed by atoms with Gasteiger partial charge in [-0.2, -0.15) is 10.1 Å². The summed E-state index contributed by atoms with van der Waals surface area (Å²) in [5.74, 6) is 0.504. The summed E-state index contributed by atoms with van der Waals surface area (Å²) in [6, 6.07) is 1.79. The highest BCUT2D eigenvalue weighted by atomic mass is 16.5. The molecule has 0 aromatic carbocycles. The number of rotatable bonds is 7. The van der Waals surface area contributed by atoms with Crippen molar-refractivity contribution < 1.29 is 9.53 Å². The lowest BCUT2D eigenvalue weighted by Crippen LogP contribution is -2.27. The van der Waals surface area contributed by atoms with Crippen LogP contribution in [0.1, 0.15) is 74.5 Å². The summed E-state index contributed by atoms with van der Waals surface area (Å²) in [5.41, 5.74) is 1.31. The minimum atomic E-state index is -0.176. The lowest BCUT2D eigenvalue weighted by molar-refractivity contribution is 0.0273. The molecular formula is C18H27N5O2. The largest absolute Gasteiger partial charge is 0.378 e. The molecule has 25 heavy (non-hydrogen) atoms. The maximum atomic E-state index is 12.4. The van der Waals surface area contributed by atoms with Gasteiger partial charge in [-0.25, -0.2) is 9.50 Å². The molecule has 2 aromatic rings. The van der Waals surface area contributed by atoms with E-state index in [4.69, 9.17) is 4.74 Å². The molecule has 3 rings (SSSR count). The van der Waals surface area contributed by atoms with Crippen LogP contribution in [0.25, 0.3) is 5.78 Å². The van der Waals surface area contributed by atoms with E-state index < -0.39 is 0 Å². The average Bonchev–Trinajstić information content (AvgIpc) is 3.09. The quantitative estimate of drug-likeness (QED) is 0.780. The van der Waals surface area contributed by atoms with Gasteiger partial charge in [0.05, 0.1) is 11.8 Å². The van der Waals surface area contributed by atoms with E-state index in [0.29, 0.717) is 30.7 Å². The molecule has 1 saturated carbocycles. The Balaban J connectivity index is 1.50. The van der Waals surface area contributed by atoms with Crippen molar-refractivity contribution >= 4 is 11.7 Å². The first-order chi connectivity index (χ1) is 12.1. The number of ether oxygens (including phenoxy) is 1. The van der Waals surface area contributed by atoms with E-state index in [2.05, 4.69) is 34.2 Å². The molecular weight excluding hydrogens is 318 g/mol. The third kappa shape index (κ3) is 4.54. The Kier molecular flexibility index (Phi) is 5.96. The highest BCUT2D eigenvalue weighted by molar-refractivity contribution is 5.92. The number of hydrogen-bond acceptors (Lipinski definition) is 5. The predicted molar refractivity (Wildman–Crippen MR) is 94.6 cm³/mol. The van der Waals surface area contributed by atoms with Crippen molar-refractivity contribution in [2.45, 2.75) is 64.4 Å². The maximum Gasteiger partial charge on any atom is 0.270 e. The van der Waals surface area contributed by atoms with Gasteiger partial charge < -0.3 is 10.1 Å². The zero-order valence-electron chi connectivity index (χ0n) is 15.1. The molecule has 1 aliphatic carbocycles. The molecule has 0 aliphatic heterocycles. The van der Waals surface area contributed by atoms with Gasteiger partial charge in [-0.05, 0) is 31.2 Å². The van der Waals surface area contributed by atoms with E-state index in [1.807, 2.05) is 0 Å². The Hall–Kier alpha value is -2.02. The standard InChI is InChI=1S/C18H27N5O2/c1-13(2)16-11-15(22-18-20-12-21-23(16)18)17(24)19-9-6-10-25-14-7-4-3-5-8-14/h11-14H,3-10H2,1-2H3,(H,19,24). The van der Waals surface area contributed by atoms with Crippen LogP contribution >= 0.6 is 0 Å². The number of carbonyl (C=O) groups excluding carboxylic acids is 1. The Morgan fingerprint density at radius 3 is 2.92 bits per heavy atom. The third-order valence-corrected chi connectivity index (χ3v) is 4.62. The molecule has 0 unspecified atom stereocenters. The summed E-state index contributed by atoms with van der Waals surface area (Å²) < 4.78 is 7.56. The summed E-state index contributed by atoms with van der Waals surface area (Å²) in [4.78, 5) is 20.8. The highest BCUT2D eigenvalue weighted by Crippen LogP contribution is 2.20. The minimum Gasteiger partial charge on any atom is -0.378 e. The molecule has 136 valence electrons. The fourth-order valence-electron chi connectivity index (χ4n) is 3.21. The second-order valence-electron chi connectivity index (χ2n) is 6.93. The van der Waals surface area contributed by atoms with E-state index in [-0.39, 0.29) is 11.8 Å². The van der Waals surface area contributed by atoms with Crippen LogP contribution in [0.2, 0.25) is 0 Å². The number of nitrogens with one attached hydrogen (secondary N) is 1. The molecule has 2 aromatic heterocycles. The van der Waals surface area contributed by atoms with E-state index in [1.165, 1.54) is 38.4 Å². The van der Waals surface area contributed by atoms with Gasteiger partial charge >= 0.3 is 0 Å². The van der Waals surface area contributed by atoms with Gasteiger partial charge in [0.2, 0.25) is 0 Å². The zero-order valence-corrected chi connectivity index (χ0v) is 15.1. The van der Waals surface area contributed by atoms with Crippen molar-refractivity contribution in [1.82, 2.24) is 24.9 Å². The minimum absolute atomic E-state index is 0.176. The van der Waals surface area contributed by atoms with Crippen molar-refractivity contribution in [3.63, 3.8) is 0 Å². The van der Waals surface area contributed by atoms with E-state index >= 15 is 0 Å². The fraction of sp³-hybridized carbons (Fsp3) is 0.667. The zero-order chi connectivity index (χ0) is 17.6. The number of amides is 1. The van der Waals surface area contributed by atoms with Gasteiger partial charge in [-0.1, -0.05) is 33.1 Å². The van der Waals surface area contributed by atoms with Crippen LogP contribution < -0.4 is 5.32 Å². The lowest BCUT2D eigenvalue weighted by atomic mass is 9.98. The van der Waals surface area contributed by atoms with E-state index in [9.17, 15) is 4.79 Å². The lowest BCUT2D eigenvalue weighted by Gasteiger charge is -2.21. The molecule has 1 amide bonds. The average molecular weight is 345 g/mol. The number of aromatic nitrogens is 4. The van der Waals surface area contributed by atoms with Crippen LogP contribution in [0.3, 0.4) is 0 Å². The predicted octanol–water partition coefficient (Wildman–Crippen LogP) is 2.72. The van der Waals surface area contributed by atoms with E-state index in [1.54, 1.807) is 10.6 Å². The second kappa shape index (κ2) is 8.38. The van der Waals surface area contributed by atoms with Crippen molar-refractivity contribution in [3.05, 3.63) is 23.8 Å². The number of fused-ring (bicyclic) bond motifs is 1. The van der Waals surface area contributed by atoms with Crippen LogP contribution in [0.5, 0.6) is 0 Å². The number of hydrogen-bond donors (Lipinski definition) is 1. The molecule has 7 heteroatoms. The molecule has 0 atom stereocenters. The van der Waals surface area contributed by atoms with Crippen LogP contribution in [0, 0.1) is 0 Å². The van der Waals surface area contributed by atoms with E-state index in [0.717, 1.165) is 12.1 Å². The first-order valence-corrected chi connectivity index (χ1v) is 9.25.